The van der Waals surface area contributed by atoms with Crippen molar-refractivity contribution in [1.29, 1.82) is 0 Å². The van der Waals surface area contributed by atoms with Crippen LogP contribution in [-0.4, -0.2) is 0 Å². The summed E-state index contributed by atoms with van der Waals surface area (Å²) in [7, 11) is 0. The van der Waals surface area contributed by atoms with E-state index in [2.05, 4.69) is 62.4 Å². The molecule has 2 rings (SSSR count). The van der Waals surface area contributed by atoms with Gasteiger partial charge >= 0.3 is 0 Å². The summed E-state index contributed by atoms with van der Waals surface area (Å²) >= 11 is 0. The number of rotatable bonds is 0. The van der Waals surface area contributed by atoms with Gasteiger partial charge in [0.05, 0.1) is 0 Å². The van der Waals surface area contributed by atoms with Gasteiger partial charge < -0.3 is 0 Å². The fourth-order valence-corrected chi connectivity index (χ4v) is 1.13. The van der Waals surface area contributed by atoms with E-state index in [9.17, 15) is 0 Å². The van der Waals surface area contributed by atoms with E-state index in [1.807, 2.05) is 13.8 Å². The lowest BCUT2D eigenvalue weighted by molar-refractivity contribution is 1.09. The zero-order valence-corrected chi connectivity index (χ0v) is 10.3. The Morgan fingerprint density at radius 1 is 0.688 bits per heavy atom. The second kappa shape index (κ2) is 11.8. The molecule has 0 heterocycles. The molecule has 0 bridgehead atoms. The molecular weight excluding hydrogens is 192 g/mol. The molecule has 0 heteroatoms. The Morgan fingerprint density at radius 2 is 0.875 bits per heavy atom. The van der Waals surface area contributed by atoms with Gasteiger partial charge in [-0.1, -0.05) is 90.1 Å². The molecule has 0 radical (unpaired) electrons. The van der Waals surface area contributed by atoms with Gasteiger partial charge in [-0.2, -0.15) is 0 Å². The summed E-state index contributed by atoms with van der Waals surface area (Å²) < 4.78 is 0. The van der Waals surface area contributed by atoms with Crippen LogP contribution in [0.15, 0.2) is 48.5 Å². The van der Waals surface area contributed by atoms with Crippen molar-refractivity contribution in [1.82, 2.24) is 0 Å². The molecule has 0 aliphatic rings. The van der Waals surface area contributed by atoms with Crippen LogP contribution in [0.2, 0.25) is 0 Å². The first-order chi connectivity index (χ1) is 7.38. The highest BCUT2D eigenvalue weighted by atomic mass is 13.9. The van der Waals surface area contributed by atoms with Crippen LogP contribution in [0.3, 0.4) is 0 Å². The van der Waals surface area contributed by atoms with Gasteiger partial charge in [-0.15, -0.1) is 0 Å². The molecule has 0 spiro atoms. The van der Waals surface area contributed by atoms with Gasteiger partial charge in [0.15, 0.2) is 0 Å². The largest absolute Gasteiger partial charge is 0.0776 e. The zero-order valence-electron chi connectivity index (χ0n) is 10.3. The molecule has 0 fully saturated rings. The average Bonchev–Trinajstić information content (AvgIpc) is 2.33. The molecule has 2 aromatic carbocycles. The molecule has 0 N–H and O–H groups in total. The third kappa shape index (κ3) is 6.23. The molecule has 90 valence electrons. The second-order valence-electron chi connectivity index (χ2n) is 3.05. The maximum absolute atomic E-state index is 2.12. The molecule has 0 atom stereocenters. The van der Waals surface area contributed by atoms with E-state index in [0.29, 0.717) is 0 Å². The van der Waals surface area contributed by atoms with Crippen molar-refractivity contribution >= 4 is 10.8 Å². The van der Waals surface area contributed by atoms with Gasteiger partial charge in [0.25, 0.3) is 0 Å². The maximum Gasteiger partial charge on any atom is -0.0184 e. The van der Waals surface area contributed by atoms with Crippen molar-refractivity contribution in [3.05, 3.63) is 48.5 Å². The minimum atomic E-state index is 0. The molecule has 0 aliphatic heterocycles. The van der Waals surface area contributed by atoms with Crippen LogP contribution in [0.4, 0.5) is 0 Å². The first kappa shape index (κ1) is 17.1. The third-order valence-electron chi connectivity index (χ3n) is 1.66. The van der Waals surface area contributed by atoms with Crippen LogP contribution in [0.5, 0.6) is 0 Å². The van der Waals surface area contributed by atoms with Crippen LogP contribution in [0.1, 0.15) is 41.5 Å². The first-order valence-corrected chi connectivity index (χ1v) is 5.82. The summed E-state index contributed by atoms with van der Waals surface area (Å²) in [6.07, 6.45) is 1.25. The molecule has 0 saturated carbocycles. The normalized spacial score (nSPS) is 7.75. The van der Waals surface area contributed by atoms with Crippen molar-refractivity contribution in [2.75, 3.05) is 0 Å². The van der Waals surface area contributed by atoms with Crippen molar-refractivity contribution < 1.29 is 0 Å². The Kier molecular flexibility index (Phi) is 12.6. The van der Waals surface area contributed by atoms with Gasteiger partial charge in [0, 0.05) is 0 Å². The summed E-state index contributed by atoms with van der Waals surface area (Å²) in [6.45, 7) is 8.25. The molecule has 0 aromatic heterocycles. The molecule has 0 unspecified atom stereocenters. The lowest BCUT2D eigenvalue weighted by atomic mass is 10.1. The Balaban J connectivity index is 0. The van der Waals surface area contributed by atoms with Crippen LogP contribution < -0.4 is 0 Å². The van der Waals surface area contributed by atoms with Gasteiger partial charge in [0.1, 0.15) is 0 Å². The fourth-order valence-electron chi connectivity index (χ4n) is 1.13. The van der Waals surface area contributed by atoms with Crippen molar-refractivity contribution in [3.8, 4) is 0 Å². The van der Waals surface area contributed by atoms with Crippen LogP contribution in [0.25, 0.3) is 10.8 Å². The Labute approximate surface area is 101 Å². The van der Waals surface area contributed by atoms with Crippen molar-refractivity contribution in [2.24, 2.45) is 0 Å². The van der Waals surface area contributed by atoms with Gasteiger partial charge in [-0.05, 0) is 10.8 Å². The van der Waals surface area contributed by atoms with E-state index < -0.39 is 0 Å². The highest BCUT2D eigenvalue weighted by Gasteiger charge is 1.85. The number of benzene rings is 2. The van der Waals surface area contributed by atoms with E-state index in [1.165, 1.54) is 17.2 Å². The molecule has 0 saturated heterocycles. The first-order valence-electron chi connectivity index (χ1n) is 5.82. The summed E-state index contributed by atoms with van der Waals surface area (Å²) in [5.74, 6) is 0. The summed E-state index contributed by atoms with van der Waals surface area (Å²) in [5.41, 5.74) is 0. The van der Waals surface area contributed by atoms with Crippen molar-refractivity contribution in [3.63, 3.8) is 0 Å². The van der Waals surface area contributed by atoms with Gasteiger partial charge in [-0.25, -0.2) is 0 Å². The van der Waals surface area contributed by atoms with Crippen LogP contribution >= 0.6 is 0 Å². The molecule has 0 nitrogen and oxygen atoms in total. The molecular formula is C16H26. The topological polar surface area (TPSA) is 0 Å². The Hall–Kier alpha value is -1.30. The lowest BCUT2D eigenvalue weighted by Crippen LogP contribution is -1.67. The smallest absolute Gasteiger partial charge is 0.0184 e. The summed E-state index contributed by atoms with van der Waals surface area (Å²) in [5, 5.41) is 2.62. The summed E-state index contributed by atoms with van der Waals surface area (Å²) in [6, 6.07) is 16.7. The SMILES string of the molecule is C.CC.CCC.c1ccc2ccccc2c1. The minimum absolute atomic E-state index is 0. The van der Waals surface area contributed by atoms with E-state index in [0.717, 1.165) is 0 Å². The maximum atomic E-state index is 2.12. The number of hydrogen-bond acceptors (Lipinski definition) is 0. The van der Waals surface area contributed by atoms with E-state index in [-0.39, 0.29) is 7.43 Å². The second-order valence-corrected chi connectivity index (χ2v) is 3.05. The Morgan fingerprint density at radius 3 is 1.06 bits per heavy atom. The molecule has 2 aromatic rings. The number of hydrogen-bond donors (Lipinski definition) is 0. The van der Waals surface area contributed by atoms with E-state index in [1.54, 1.807) is 0 Å². The molecule has 0 aliphatic carbocycles. The summed E-state index contributed by atoms with van der Waals surface area (Å²) in [4.78, 5) is 0. The standard InChI is InChI=1S/C10H8.C3H8.C2H6.CH4/c1-2-6-10-8-4-3-7-9(10)5-1;1-3-2;1-2;/h1-8H;3H2,1-2H3;1-2H3;1H4. The zero-order chi connectivity index (χ0) is 11.5. The Bertz CT molecular complexity index is 284. The highest BCUT2D eigenvalue weighted by molar-refractivity contribution is 5.81. The van der Waals surface area contributed by atoms with Crippen LogP contribution in [0, 0.1) is 0 Å². The quantitative estimate of drug-likeness (QED) is 0.515. The highest BCUT2D eigenvalue weighted by Crippen LogP contribution is 2.11. The third-order valence-corrected chi connectivity index (χ3v) is 1.66. The fraction of sp³-hybridized carbons (Fsp3) is 0.375. The van der Waals surface area contributed by atoms with Gasteiger partial charge in [-0.3, -0.25) is 0 Å². The van der Waals surface area contributed by atoms with E-state index >= 15 is 0 Å². The van der Waals surface area contributed by atoms with E-state index in [4.69, 9.17) is 0 Å². The minimum Gasteiger partial charge on any atom is -0.0776 e. The van der Waals surface area contributed by atoms with Gasteiger partial charge in [0.2, 0.25) is 0 Å². The van der Waals surface area contributed by atoms with Crippen molar-refractivity contribution in [2.45, 2.75) is 41.5 Å². The lowest BCUT2D eigenvalue weighted by Gasteiger charge is -1.92. The predicted molar refractivity (Wildman–Crippen MR) is 78.0 cm³/mol. The monoisotopic (exact) mass is 218 g/mol. The number of fused-ring (bicyclic) bond motifs is 1. The molecule has 0 amide bonds. The average molecular weight is 218 g/mol. The predicted octanol–water partition coefficient (Wildman–Crippen LogP) is 5.92. The van der Waals surface area contributed by atoms with Crippen LogP contribution in [-0.2, 0) is 0 Å². The molecule has 16 heavy (non-hydrogen) atoms.